The van der Waals surface area contributed by atoms with Gasteiger partial charge in [0.15, 0.2) is 0 Å². The number of hydrazone groups is 1. The summed E-state index contributed by atoms with van der Waals surface area (Å²) in [6.45, 7) is 0.310. The van der Waals surface area contributed by atoms with E-state index >= 15 is 0 Å². The van der Waals surface area contributed by atoms with Gasteiger partial charge in [0.2, 0.25) is 5.82 Å². The number of rotatable bonds is 7. The molecule has 1 N–H and O–H groups in total. The molecule has 1 aromatic heterocycles. The first-order valence-corrected chi connectivity index (χ1v) is 10.0. The van der Waals surface area contributed by atoms with E-state index in [1.165, 1.54) is 18.3 Å². The van der Waals surface area contributed by atoms with E-state index in [2.05, 4.69) is 38.1 Å². The minimum absolute atomic E-state index is 0.0724. The number of hydrogen-bond donors (Lipinski definition) is 1. The maximum Gasteiger partial charge on any atom is 0.313 e. The van der Waals surface area contributed by atoms with Crippen LogP contribution in [0.1, 0.15) is 11.1 Å². The Hall–Kier alpha value is -2.43. The molecule has 0 saturated carbocycles. The van der Waals surface area contributed by atoms with Crippen LogP contribution in [-0.2, 0) is 6.61 Å². The van der Waals surface area contributed by atoms with E-state index in [0.717, 1.165) is 14.7 Å². The molecule has 2 aromatic carbocycles. The molecule has 3 rings (SSSR count). The third kappa shape index (κ3) is 5.78. The first-order valence-electron chi connectivity index (χ1n) is 8.19. The molecule has 0 spiro atoms. The number of hydrogen-bond acceptors (Lipinski definition) is 6. The lowest BCUT2D eigenvalue weighted by Crippen LogP contribution is -2.00. The summed E-state index contributed by atoms with van der Waals surface area (Å²) in [6.07, 6.45) is 2.99. The van der Waals surface area contributed by atoms with Crippen LogP contribution >= 0.6 is 45.8 Å². The van der Waals surface area contributed by atoms with Crippen molar-refractivity contribution in [3.8, 4) is 5.75 Å². The molecule has 29 heavy (non-hydrogen) atoms. The molecule has 0 atom stereocenters. The molecule has 1 heterocycles. The van der Waals surface area contributed by atoms with E-state index in [0.29, 0.717) is 22.4 Å². The van der Waals surface area contributed by atoms with Gasteiger partial charge in [-0.1, -0.05) is 29.3 Å². The Labute approximate surface area is 190 Å². The fourth-order valence-electron chi connectivity index (χ4n) is 2.31. The summed E-state index contributed by atoms with van der Waals surface area (Å²) >= 11 is 14.2. The Morgan fingerprint density at radius 3 is 2.79 bits per heavy atom. The van der Waals surface area contributed by atoms with Crippen LogP contribution in [0.4, 0.5) is 11.5 Å². The third-order valence-corrected chi connectivity index (χ3v) is 5.15. The molecule has 10 heteroatoms. The topological polar surface area (TPSA) is 89.7 Å². The van der Waals surface area contributed by atoms with E-state index in [9.17, 15) is 10.1 Å². The van der Waals surface area contributed by atoms with Crippen molar-refractivity contribution in [1.29, 1.82) is 0 Å². The highest BCUT2D eigenvalue weighted by atomic mass is 127. The van der Waals surface area contributed by atoms with Crippen molar-refractivity contribution < 1.29 is 9.66 Å². The van der Waals surface area contributed by atoms with Crippen LogP contribution in [0, 0.1) is 13.7 Å². The van der Waals surface area contributed by atoms with Gasteiger partial charge in [-0.05, 0) is 64.6 Å². The predicted octanol–water partition coefficient (Wildman–Crippen LogP) is 5.93. The van der Waals surface area contributed by atoms with Crippen molar-refractivity contribution in [2.45, 2.75) is 6.61 Å². The average molecular weight is 543 g/mol. The van der Waals surface area contributed by atoms with Crippen LogP contribution in [-0.4, -0.2) is 16.1 Å². The number of nitro groups is 1. The highest BCUT2D eigenvalue weighted by Crippen LogP contribution is 2.26. The van der Waals surface area contributed by atoms with Gasteiger partial charge in [-0.3, -0.25) is 15.5 Å². The van der Waals surface area contributed by atoms with Gasteiger partial charge >= 0.3 is 5.69 Å². The molecule has 3 aromatic rings. The monoisotopic (exact) mass is 542 g/mol. The van der Waals surface area contributed by atoms with E-state index < -0.39 is 4.92 Å². The van der Waals surface area contributed by atoms with Crippen LogP contribution < -0.4 is 10.2 Å². The fraction of sp³-hybridized carbons (Fsp3) is 0.0526. The van der Waals surface area contributed by atoms with Crippen LogP contribution in [0.25, 0.3) is 0 Å². The number of benzene rings is 2. The Balaban J connectivity index is 1.65. The van der Waals surface area contributed by atoms with Crippen LogP contribution in [0.2, 0.25) is 10.0 Å². The summed E-state index contributed by atoms with van der Waals surface area (Å²) in [7, 11) is 0. The molecule has 0 unspecified atom stereocenters. The molecule has 0 fully saturated rings. The quantitative estimate of drug-likeness (QED) is 0.173. The number of aromatic nitrogens is 1. The first-order chi connectivity index (χ1) is 13.9. The molecule has 0 aliphatic carbocycles. The second-order valence-corrected chi connectivity index (χ2v) is 7.72. The Morgan fingerprint density at radius 2 is 2.07 bits per heavy atom. The van der Waals surface area contributed by atoms with E-state index in [1.807, 2.05) is 24.3 Å². The van der Waals surface area contributed by atoms with Gasteiger partial charge in [-0.25, -0.2) is 4.98 Å². The molecule has 0 saturated heterocycles. The van der Waals surface area contributed by atoms with Crippen molar-refractivity contribution in [3.05, 3.63) is 89.6 Å². The van der Waals surface area contributed by atoms with Gasteiger partial charge in [-0.15, -0.1) is 0 Å². The predicted molar refractivity (Wildman–Crippen MR) is 122 cm³/mol. The van der Waals surface area contributed by atoms with Crippen LogP contribution in [0.3, 0.4) is 0 Å². The van der Waals surface area contributed by atoms with E-state index in [-0.39, 0.29) is 11.5 Å². The van der Waals surface area contributed by atoms with Crippen molar-refractivity contribution in [2.75, 3.05) is 5.43 Å². The number of nitrogens with one attached hydrogen (secondary N) is 1. The van der Waals surface area contributed by atoms with Crippen LogP contribution in [0.5, 0.6) is 5.75 Å². The van der Waals surface area contributed by atoms with Gasteiger partial charge in [0, 0.05) is 27.9 Å². The van der Waals surface area contributed by atoms with Crippen molar-refractivity contribution in [3.63, 3.8) is 0 Å². The van der Waals surface area contributed by atoms with E-state index in [1.54, 1.807) is 18.3 Å². The number of halogens is 3. The zero-order valence-corrected chi connectivity index (χ0v) is 18.4. The molecule has 0 amide bonds. The minimum atomic E-state index is -0.521. The minimum Gasteiger partial charge on any atom is -0.488 e. The molecular formula is C19H13Cl2IN4O3. The highest BCUT2D eigenvalue weighted by Gasteiger charge is 2.13. The lowest BCUT2D eigenvalue weighted by molar-refractivity contribution is -0.384. The lowest BCUT2D eigenvalue weighted by atomic mass is 10.2. The molecule has 0 radical (unpaired) electrons. The zero-order chi connectivity index (χ0) is 20.8. The number of pyridine rings is 1. The van der Waals surface area contributed by atoms with E-state index in [4.69, 9.17) is 27.9 Å². The molecule has 0 aliphatic rings. The van der Waals surface area contributed by atoms with Gasteiger partial charge in [0.1, 0.15) is 12.4 Å². The third-order valence-electron chi connectivity index (χ3n) is 3.72. The summed E-state index contributed by atoms with van der Waals surface area (Å²) in [5, 5.41) is 16.1. The normalized spacial score (nSPS) is 10.9. The van der Waals surface area contributed by atoms with Crippen molar-refractivity contribution in [2.24, 2.45) is 5.10 Å². The first kappa shape index (κ1) is 21.3. The second-order valence-electron chi connectivity index (χ2n) is 5.71. The maximum absolute atomic E-state index is 11.0. The summed E-state index contributed by atoms with van der Waals surface area (Å²) in [5.74, 6) is 0.769. The molecule has 7 nitrogen and oxygen atoms in total. The van der Waals surface area contributed by atoms with Gasteiger partial charge in [0.25, 0.3) is 0 Å². The number of nitrogens with zero attached hydrogens (tertiary/aromatic N) is 3. The average Bonchev–Trinajstić information content (AvgIpc) is 2.69. The molecule has 0 aliphatic heterocycles. The molecular weight excluding hydrogens is 530 g/mol. The molecule has 0 bridgehead atoms. The summed E-state index contributed by atoms with van der Waals surface area (Å²) in [6, 6.07) is 13.6. The van der Waals surface area contributed by atoms with Crippen molar-refractivity contribution in [1.82, 2.24) is 4.98 Å². The Bertz CT molecular complexity index is 1080. The van der Waals surface area contributed by atoms with Gasteiger partial charge in [-0.2, -0.15) is 5.10 Å². The summed E-state index contributed by atoms with van der Waals surface area (Å²) in [5.41, 5.74) is 4.06. The second kappa shape index (κ2) is 9.86. The lowest BCUT2D eigenvalue weighted by Gasteiger charge is -2.10. The smallest absolute Gasteiger partial charge is 0.313 e. The highest BCUT2D eigenvalue weighted by molar-refractivity contribution is 14.1. The van der Waals surface area contributed by atoms with Crippen molar-refractivity contribution >= 4 is 63.5 Å². The van der Waals surface area contributed by atoms with Gasteiger partial charge < -0.3 is 4.74 Å². The summed E-state index contributed by atoms with van der Waals surface area (Å²) in [4.78, 5) is 14.4. The Kier molecular flexibility index (Phi) is 7.24. The zero-order valence-electron chi connectivity index (χ0n) is 14.7. The molecule has 148 valence electrons. The van der Waals surface area contributed by atoms with Crippen LogP contribution in [0.15, 0.2) is 59.8 Å². The fourth-order valence-corrected chi connectivity index (χ4v) is 3.47. The van der Waals surface area contributed by atoms with Gasteiger partial charge in [0.05, 0.1) is 14.7 Å². The Morgan fingerprint density at radius 1 is 1.24 bits per heavy atom. The number of anilines is 1. The summed E-state index contributed by atoms with van der Waals surface area (Å²) < 4.78 is 6.71. The number of ether oxygens (including phenoxy) is 1. The SMILES string of the molecule is O=[N+]([O-])c1cccnc1N/N=C\c1ccc(OCc2ccc(Cl)cc2Cl)c(I)c1. The largest absolute Gasteiger partial charge is 0.488 e. The standard InChI is InChI=1S/C19H13Cl2IN4O3/c20-14-5-4-13(15(21)9-14)11-29-18-6-3-12(8-16(18)22)10-24-25-19-17(26(27)28)2-1-7-23-19/h1-10H,11H2,(H,23,25)/b24-10-. The maximum atomic E-state index is 11.0.